The van der Waals surface area contributed by atoms with Gasteiger partial charge in [0.2, 0.25) is 0 Å². The maximum Gasteiger partial charge on any atom is 0.191 e. The molecule has 17 heavy (non-hydrogen) atoms. The molecule has 5 heteroatoms. The molecule has 3 nitrogen and oxygen atoms in total. The lowest BCUT2D eigenvalue weighted by Crippen LogP contribution is -2.05. The summed E-state index contributed by atoms with van der Waals surface area (Å²) in [5.41, 5.74) is 8.00. The Morgan fingerprint density at radius 3 is 2.65 bits per heavy atom. The Hall–Kier alpha value is -1.33. The van der Waals surface area contributed by atoms with E-state index in [2.05, 4.69) is 0 Å². The maximum absolute atomic E-state index is 12.1. The summed E-state index contributed by atoms with van der Waals surface area (Å²) in [5, 5.41) is 1.76. The van der Waals surface area contributed by atoms with Gasteiger partial charge in [-0.05, 0) is 35.6 Å². The smallest absolute Gasteiger partial charge is 0.191 e. The van der Waals surface area contributed by atoms with Crippen LogP contribution in [-0.2, 0) is 15.6 Å². The van der Waals surface area contributed by atoms with E-state index in [1.54, 1.807) is 35.7 Å². The van der Waals surface area contributed by atoms with Crippen molar-refractivity contribution in [2.45, 2.75) is 16.9 Å². The molecule has 0 saturated heterocycles. The van der Waals surface area contributed by atoms with Crippen molar-refractivity contribution in [1.82, 2.24) is 0 Å². The van der Waals surface area contributed by atoms with Gasteiger partial charge in [0.15, 0.2) is 9.84 Å². The second-order valence-corrected chi connectivity index (χ2v) is 6.99. The highest BCUT2D eigenvalue weighted by atomic mass is 32.2. The van der Waals surface area contributed by atoms with E-state index in [0.29, 0.717) is 9.90 Å². The summed E-state index contributed by atoms with van der Waals surface area (Å²) in [5.74, 6) is 0.00435. The molecular weight excluding hydrogens is 254 g/mol. The van der Waals surface area contributed by atoms with Crippen molar-refractivity contribution in [1.29, 1.82) is 0 Å². The summed E-state index contributed by atoms with van der Waals surface area (Å²) in [4.78, 5) is 0. The zero-order chi connectivity index (χ0) is 12.5. The van der Waals surface area contributed by atoms with Gasteiger partial charge in [-0.25, -0.2) is 8.42 Å². The normalized spacial score (nSPS) is 11.6. The Bertz CT molecular complexity index is 616. The van der Waals surface area contributed by atoms with E-state index in [0.717, 1.165) is 11.1 Å². The lowest BCUT2D eigenvalue weighted by molar-refractivity contribution is 0.597. The molecule has 0 spiro atoms. The molecule has 0 radical (unpaired) electrons. The molecule has 1 heterocycles. The zero-order valence-electron chi connectivity index (χ0n) is 9.38. The van der Waals surface area contributed by atoms with E-state index in [9.17, 15) is 8.42 Å². The van der Waals surface area contributed by atoms with Crippen LogP contribution in [-0.4, -0.2) is 8.42 Å². The number of rotatable bonds is 3. The predicted molar refractivity (Wildman–Crippen MR) is 70.8 cm³/mol. The Morgan fingerprint density at radius 2 is 2.00 bits per heavy atom. The van der Waals surface area contributed by atoms with Crippen LogP contribution < -0.4 is 5.73 Å². The average Bonchev–Trinajstić information content (AvgIpc) is 2.78. The highest BCUT2D eigenvalue weighted by Gasteiger charge is 2.17. The van der Waals surface area contributed by atoms with E-state index in [-0.39, 0.29) is 5.75 Å². The van der Waals surface area contributed by atoms with Crippen LogP contribution in [0.4, 0.5) is 5.69 Å². The summed E-state index contributed by atoms with van der Waals surface area (Å²) in [7, 11) is -3.25. The van der Waals surface area contributed by atoms with Gasteiger partial charge in [-0.1, -0.05) is 18.2 Å². The van der Waals surface area contributed by atoms with Gasteiger partial charge in [0.1, 0.15) is 4.21 Å². The second-order valence-electron chi connectivity index (χ2n) is 3.82. The number of hydrogen-bond donors (Lipinski definition) is 1. The molecule has 0 aliphatic rings. The molecule has 0 atom stereocenters. The van der Waals surface area contributed by atoms with Gasteiger partial charge in [-0.15, -0.1) is 11.3 Å². The molecule has 1 aromatic heterocycles. The molecule has 0 fully saturated rings. The lowest BCUT2D eigenvalue weighted by atomic mass is 10.1. The van der Waals surface area contributed by atoms with Crippen LogP contribution in [0.3, 0.4) is 0 Å². The molecule has 0 bridgehead atoms. The summed E-state index contributed by atoms with van der Waals surface area (Å²) in [6.45, 7) is 1.84. The minimum absolute atomic E-state index is 0.00435. The predicted octanol–water partition coefficient (Wildman–Crippen LogP) is 2.61. The molecule has 2 rings (SSSR count). The molecule has 1 aromatic carbocycles. The summed E-state index contributed by atoms with van der Waals surface area (Å²) < 4.78 is 24.6. The molecule has 0 aliphatic carbocycles. The molecule has 2 N–H and O–H groups in total. The monoisotopic (exact) mass is 267 g/mol. The first kappa shape index (κ1) is 12.1. The first-order chi connectivity index (χ1) is 8.00. The minimum Gasteiger partial charge on any atom is -0.399 e. The van der Waals surface area contributed by atoms with Crippen molar-refractivity contribution in [2.75, 3.05) is 5.73 Å². The van der Waals surface area contributed by atoms with Crippen molar-refractivity contribution in [3.8, 4) is 0 Å². The summed E-state index contributed by atoms with van der Waals surface area (Å²) in [6, 6.07) is 8.72. The number of nitrogens with two attached hydrogens (primary N) is 1. The van der Waals surface area contributed by atoms with Crippen LogP contribution >= 0.6 is 11.3 Å². The molecule has 0 aliphatic heterocycles. The van der Waals surface area contributed by atoms with Crippen LogP contribution in [0.15, 0.2) is 39.9 Å². The van der Waals surface area contributed by atoms with Crippen LogP contribution in [0.2, 0.25) is 0 Å². The Kier molecular flexibility index (Phi) is 3.22. The van der Waals surface area contributed by atoms with Crippen molar-refractivity contribution in [3.05, 3.63) is 46.8 Å². The first-order valence-electron chi connectivity index (χ1n) is 5.11. The van der Waals surface area contributed by atoms with Gasteiger partial charge in [0, 0.05) is 5.69 Å². The largest absolute Gasteiger partial charge is 0.399 e. The number of hydrogen-bond acceptors (Lipinski definition) is 4. The van der Waals surface area contributed by atoms with Gasteiger partial charge in [-0.3, -0.25) is 0 Å². The molecule has 0 amide bonds. The van der Waals surface area contributed by atoms with Crippen LogP contribution in [0.1, 0.15) is 11.1 Å². The fourth-order valence-corrected chi connectivity index (χ4v) is 4.10. The third kappa shape index (κ3) is 2.50. The van der Waals surface area contributed by atoms with Crippen molar-refractivity contribution < 1.29 is 8.42 Å². The third-order valence-corrected chi connectivity index (χ3v) is 5.79. The van der Waals surface area contributed by atoms with Crippen molar-refractivity contribution >= 4 is 26.9 Å². The van der Waals surface area contributed by atoms with Crippen LogP contribution in [0, 0.1) is 6.92 Å². The van der Waals surface area contributed by atoms with Gasteiger partial charge in [0.05, 0.1) is 5.75 Å². The van der Waals surface area contributed by atoms with E-state index >= 15 is 0 Å². The summed E-state index contributed by atoms with van der Waals surface area (Å²) in [6.07, 6.45) is 0. The molecule has 2 aromatic rings. The van der Waals surface area contributed by atoms with Gasteiger partial charge in [0.25, 0.3) is 0 Å². The van der Waals surface area contributed by atoms with E-state index < -0.39 is 9.84 Å². The van der Waals surface area contributed by atoms with Gasteiger partial charge < -0.3 is 5.73 Å². The van der Waals surface area contributed by atoms with E-state index in [1.807, 2.05) is 6.92 Å². The molecule has 90 valence electrons. The topological polar surface area (TPSA) is 60.2 Å². The molecule has 0 saturated carbocycles. The average molecular weight is 267 g/mol. The number of nitrogen functional groups attached to an aromatic ring is 1. The van der Waals surface area contributed by atoms with E-state index in [4.69, 9.17) is 5.73 Å². The van der Waals surface area contributed by atoms with E-state index in [1.165, 1.54) is 11.3 Å². The number of sulfone groups is 1. The maximum atomic E-state index is 12.1. The zero-order valence-corrected chi connectivity index (χ0v) is 11.0. The van der Waals surface area contributed by atoms with Crippen LogP contribution in [0.25, 0.3) is 0 Å². The molecule has 0 unspecified atom stereocenters. The number of thiophene rings is 1. The Labute approximate surface area is 105 Å². The fraction of sp³-hybridized carbons (Fsp3) is 0.167. The van der Waals surface area contributed by atoms with Crippen molar-refractivity contribution in [3.63, 3.8) is 0 Å². The third-order valence-electron chi connectivity index (χ3n) is 2.63. The van der Waals surface area contributed by atoms with Crippen molar-refractivity contribution in [2.24, 2.45) is 0 Å². The number of benzene rings is 1. The van der Waals surface area contributed by atoms with Gasteiger partial charge >= 0.3 is 0 Å². The van der Waals surface area contributed by atoms with Gasteiger partial charge in [-0.2, -0.15) is 0 Å². The fourth-order valence-electron chi connectivity index (χ4n) is 1.58. The second kappa shape index (κ2) is 4.50. The highest BCUT2D eigenvalue weighted by Crippen LogP contribution is 2.24. The standard InChI is InChI=1S/C12H13NO2S2/c1-9-10(4-2-5-11(9)13)8-17(14,15)12-6-3-7-16-12/h2-7H,8,13H2,1H3. The molecular formula is C12H13NO2S2. The number of anilines is 1. The minimum atomic E-state index is -3.25. The van der Waals surface area contributed by atoms with Crippen LogP contribution in [0.5, 0.6) is 0 Å². The summed E-state index contributed by atoms with van der Waals surface area (Å²) >= 11 is 1.24. The first-order valence-corrected chi connectivity index (χ1v) is 7.64. The highest BCUT2D eigenvalue weighted by molar-refractivity contribution is 7.92. The lowest BCUT2D eigenvalue weighted by Gasteiger charge is -2.08. The Balaban J connectivity index is 2.37. The SMILES string of the molecule is Cc1c(N)cccc1CS(=O)(=O)c1cccs1. The quantitative estimate of drug-likeness (QED) is 0.870. The Morgan fingerprint density at radius 1 is 1.24 bits per heavy atom.